The van der Waals surface area contributed by atoms with Crippen molar-refractivity contribution < 1.29 is 4.74 Å². The molecule has 1 fully saturated rings. The molecule has 2 aromatic heterocycles. The predicted octanol–water partition coefficient (Wildman–Crippen LogP) is 2.55. The highest BCUT2D eigenvalue weighted by Crippen LogP contribution is 2.24. The topological polar surface area (TPSA) is 59.1 Å². The maximum atomic E-state index is 5.01. The van der Waals surface area contributed by atoms with Crippen LogP contribution in [0.25, 0.3) is 10.6 Å². The Hall–Kier alpha value is -1.50. The number of aryl methyl sites for hydroxylation is 1. The van der Waals surface area contributed by atoms with E-state index in [0.29, 0.717) is 0 Å². The van der Waals surface area contributed by atoms with E-state index in [-0.39, 0.29) is 0 Å². The molecule has 1 aliphatic rings. The average molecular weight is 306 g/mol. The third-order valence-electron chi connectivity index (χ3n) is 2.95. The molecule has 0 aromatic carbocycles. The highest BCUT2D eigenvalue weighted by atomic mass is 32.1. The molecule has 0 bridgehead atoms. The number of nitrogens with one attached hydrogen (secondary N) is 2. The van der Waals surface area contributed by atoms with Gasteiger partial charge in [-0.1, -0.05) is 6.07 Å². The molecule has 2 aromatic rings. The van der Waals surface area contributed by atoms with Crippen molar-refractivity contribution in [2.24, 2.45) is 0 Å². The average Bonchev–Trinajstić information content (AvgIpc) is 3.06. The van der Waals surface area contributed by atoms with Crippen LogP contribution >= 0.6 is 11.3 Å². The maximum Gasteiger partial charge on any atom is 0.151 e. The minimum absolute atomic E-state index is 0.869. The number of morpholine rings is 1. The summed E-state index contributed by atoms with van der Waals surface area (Å²) in [5, 5.41) is 16.8. The van der Waals surface area contributed by atoms with Gasteiger partial charge in [0, 0.05) is 19.6 Å². The van der Waals surface area contributed by atoms with Crippen molar-refractivity contribution in [1.29, 1.82) is 0 Å². The molecule has 0 saturated carbocycles. The van der Waals surface area contributed by atoms with Gasteiger partial charge in [0.2, 0.25) is 0 Å². The van der Waals surface area contributed by atoms with Gasteiger partial charge in [0.1, 0.15) is 5.69 Å². The lowest BCUT2D eigenvalue weighted by Gasteiger charge is -2.10. The zero-order chi connectivity index (χ0) is 14.9. The number of ether oxygens (including phenoxy) is 1. The second-order valence-corrected chi connectivity index (χ2v) is 5.58. The largest absolute Gasteiger partial charge is 0.379 e. The van der Waals surface area contributed by atoms with Gasteiger partial charge in [-0.2, -0.15) is 0 Å². The van der Waals surface area contributed by atoms with E-state index in [1.807, 2.05) is 25.3 Å². The van der Waals surface area contributed by atoms with E-state index < -0.39 is 0 Å². The minimum Gasteiger partial charge on any atom is -0.379 e. The molecule has 0 radical (unpaired) electrons. The molecule has 2 N–H and O–H groups in total. The second-order valence-electron chi connectivity index (χ2n) is 4.63. The predicted molar refractivity (Wildman–Crippen MR) is 87.9 cm³/mol. The molecule has 114 valence electrons. The van der Waals surface area contributed by atoms with Gasteiger partial charge in [0.05, 0.1) is 18.1 Å². The Labute approximate surface area is 129 Å². The Balaban J connectivity index is 0.000000225. The molecule has 0 amide bonds. The Morgan fingerprint density at radius 1 is 1.33 bits per heavy atom. The molecule has 0 atom stereocenters. The van der Waals surface area contributed by atoms with Crippen LogP contribution in [0.1, 0.15) is 12.5 Å². The molecular formula is C15H22N4OS. The number of thiophene rings is 1. The van der Waals surface area contributed by atoms with Gasteiger partial charge in [-0.15, -0.1) is 21.5 Å². The summed E-state index contributed by atoms with van der Waals surface area (Å²) in [6, 6.07) is 6.15. The van der Waals surface area contributed by atoms with Crippen LogP contribution < -0.4 is 10.6 Å². The van der Waals surface area contributed by atoms with Crippen LogP contribution in [0.2, 0.25) is 0 Å². The monoisotopic (exact) mass is 306 g/mol. The van der Waals surface area contributed by atoms with Crippen molar-refractivity contribution in [3.8, 4) is 10.6 Å². The van der Waals surface area contributed by atoms with Crippen LogP contribution in [-0.4, -0.2) is 43.0 Å². The number of aromatic nitrogens is 2. The Morgan fingerprint density at radius 2 is 2.14 bits per heavy atom. The van der Waals surface area contributed by atoms with Crippen LogP contribution in [0.4, 0.5) is 5.82 Å². The van der Waals surface area contributed by atoms with Gasteiger partial charge in [0.25, 0.3) is 0 Å². The van der Waals surface area contributed by atoms with E-state index in [0.717, 1.165) is 54.8 Å². The third kappa shape index (κ3) is 5.08. The minimum atomic E-state index is 0.869. The SMILES string of the molecule is C1COCCN1.CCNc1nnc(-c2cccs2)cc1C. The number of nitrogens with zero attached hydrogens (tertiary/aromatic N) is 2. The lowest BCUT2D eigenvalue weighted by molar-refractivity contribution is 0.109. The molecule has 0 spiro atoms. The van der Waals surface area contributed by atoms with Crippen LogP contribution in [0.3, 0.4) is 0 Å². The van der Waals surface area contributed by atoms with E-state index in [4.69, 9.17) is 4.74 Å². The number of rotatable bonds is 3. The third-order valence-corrected chi connectivity index (χ3v) is 3.84. The summed E-state index contributed by atoms with van der Waals surface area (Å²) in [6.45, 7) is 8.80. The Bertz CT molecular complexity index is 515. The lowest BCUT2D eigenvalue weighted by Crippen LogP contribution is -2.30. The quantitative estimate of drug-likeness (QED) is 0.912. The molecule has 3 heterocycles. The van der Waals surface area contributed by atoms with E-state index in [2.05, 4.69) is 33.0 Å². The zero-order valence-electron chi connectivity index (χ0n) is 12.6. The fourth-order valence-electron chi connectivity index (χ4n) is 1.89. The molecule has 3 rings (SSSR count). The summed E-state index contributed by atoms with van der Waals surface area (Å²) in [7, 11) is 0. The summed E-state index contributed by atoms with van der Waals surface area (Å²) in [5.74, 6) is 0.873. The molecule has 0 aliphatic carbocycles. The first kappa shape index (κ1) is 15.9. The molecule has 0 unspecified atom stereocenters. The molecule has 1 aliphatic heterocycles. The summed E-state index contributed by atoms with van der Waals surface area (Å²) < 4.78 is 5.01. The number of anilines is 1. The normalized spacial score (nSPS) is 14.2. The zero-order valence-corrected chi connectivity index (χ0v) is 13.4. The lowest BCUT2D eigenvalue weighted by atomic mass is 10.2. The number of hydrogen-bond acceptors (Lipinski definition) is 6. The van der Waals surface area contributed by atoms with E-state index in [1.165, 1.54) is 0 Å². The van der Waals surface area contributed by atoms with Crippen molar-refractivity contribution in [2.45, 2.75) is 13.8 Å². The van der Waals surface area contributed by atoms with Gasteiger partial charge in [0.15, 0.2) is 5.82 Å². The van der Waals surface area contributed by atoms with Crippen molar-refractivity contribution >= 4 is 17.2 Å². The molecule has 1 saturated heterocycles. The van der Waals surface area contributed by atoms with Gasteiger partial charge < -0.3 is 15.4 Å². The molecule has 21 heavy (non-hydrogen) atoms. The maximum absolute atomic E-state index is 5.01. The first-order chi connectivity index (χ1) is 10.3. The van der Waals surface area contributed by atoms with Gasteiger partial charge >= 0.3 is 0 Å². The van der Waals surface area contributed by atoms with Crippen LogP contribution in [0, 0.1) is 6.92 Å². The van der Waals surface area contributed by atoms with E-state index in [9.17, 15) is 0 Å². The molecular weight excluding hydrogens is 284 g/mol. The van der Waals surface area contributed by atoms with E-state index in [1.54, 1.807) is 11.3 Å². The fraction of sp³-hybridized carbons (Fsp3) is 0.467. The highest BCUT2D eigenvalue weighted by Gasteiger charge is 2.04. The van der Waals surface area contributed by atoms with Crippen LogP contribution in [0.15, 0.2) is 23.6 Å². The van der Waals surface area contributed by atoms with Gasteiger partial charge in [-0.3, -0.25) is 0 Å². The summed E-state index contributed by atoms with van der Waals surface area (Å²) in [5.41, 5.74) is 2.08. The first-order valence-corrected chi connectivity index (χ1v) is 8.09. The van der Waals surface area contributed by atoms with Gasteiger partial charge in [-0.05, 0) is 36.9 Å². The first-order valence-electron chi connectivity index (χ1n) is 7.21. The van der Waals surface area contributed by atoms with Crippen molar-refractivity contribution in [2.75, 3.05) is 38.2 Å². The number of hydrogen-bond donors (Lipinski definition) is 2. The van der Waals surface area contributed by atoms with Crippen LogP contribution in [-0.2, 0) is 4.74 Å². The summed E-state index contributed by atoms with van der Waals surface area (Å²) in [6.07, 6.45) is 0. The van der Waals surface area contributed by atoms with Crippen LogP contribution in [0.5, 0.6) is 0 Å². The smallest absolute Gasteiger partial charge is 0.151 e. The second kappa shape index (κ2) is 8.71. The van der Waals surface area contributed by atoms with Crippen molar-refractivity contribution in [3.63, 3.8) is 0 Å². The summed E-state index contributed by atoms with van der Waals surface area (Å²) >= 11 is 1.68. The van der Waals surface area contributed by atoms with Gasteiger partial charge in [-0.25, -0.2) is 0 Å². The molecule has 5 nitrogen and oxygen atoms in total. The summed E-state index contributed by atoms with van der Waals surface area (Å²) in [4.78, 5) is 1.16. The van der Waals surface area contributed by atoms with Crippen molar-refractivity contribution in [1.82, 2.24) is 15.5 Å². The Morgan fingerprint density at radius 3 is 2.62 bits per heavy atom. The van der Waals surface area contributed by atoms with Crippen molar-refractivity contribution in [3.05, 3.63) is 29.1 Å². The fourth-order valence-corrected chi connectivity index (χ4v) is 2.57. The standard InChI is InChI=1S/C11H13N3S.C4H9NO/c1-3-12-11-8(2)7-9(13-14-11)10-5-4-6-15-10;1-3-6-4-2-5-1/h4-7H,3H2,1-2H3,(H,12,14);5H,1-4H2. The highest BCUT2D eigenvalue weighted by molar-refractivity contribution is 7.13. The molecule has 6 heteroatoms. The van der Waals surface area contributed by atoms with E-state index >= 15 is 0 Å². The Kier molecular flexibility index (Phi) is 6.59.